The maximum Gasteiger partial charge on any atom is 0.316 e. The minimum absolute atomic E-state index is 0.0886. The molecule has 8 heteroatoms. The first-order chi connectivity index (χ1) is 12.1. The van der Waals surface area contributed by atoms with Gasteiger partial charge in [-0.05, 0) is 26.0 Å². The lowest BCUT2D eigenvalue weighted by Crippen LogP contribution is -2.23. The van der Waals surface area contributed by atoms with E-state index in [0.717, 1.165) is 27.7 Å². The minimum atomic E-state index is -0.444. The molecule has 0 saturated heterocycles. The first-order valence-electron chi connectivity index (χ1n) is 7.73. The molecule has 1 aromatic carbocycles. The number of aromatic nitrogens is 4. The van der Waals surface area contributed by atoms with Gasteiger partial charge in [0.2, 0.25) is 5.82 Å². The number of nitrogens with one attached hydrogen (secondary N) is 2. The summed E-state index contributed by atoms with van der Waals surface area (Å²) in [6, 6.07) is 7.66. The molecule has 0 saturated carbocycles. The van der Waals surface area contributed by atoms with Crippen molar-refractivity contribution < 1.29 is 13.8 Å². The van der Waals surface area contributed by atoms with Gasteiger partial charge in [-0.3, -0.25) is 4.79 Å². The van der Waals surface area contributed by atoms with Gasteiger partial charge in [0.1, 0.15) is 5.76 Å². The fourth-order valence-electron chi connectivity index (χ4n) is 2.70. The molecule has 1 amide bonds. The second-order valence-electron chi connectivity index (χ2n) is 5.65. The normalized spacial score (nSPS) is 11.1. The van der Waals surface area contributed by atoms with Gasteiger partial charge in [-0.1, -0.05) is 22.4 Å². The number of rotatable bonds is 4. The zero-order chi connectivity index (χ0) is 17.4. The molecule has 0 bridgehead atoms. The van der Waals surface area contributed by atoms with Gasteiger partial charge in [0.05, 0.1) is 5.69 Å². The summed E-state index contributed by atoms with van der Waals surface area (Å²) >= 11 is 0. The Morgan fingerprint density at radius 2 is 2.08 bits per heavy atom. The predicted molar refractivity (Wildman–Crippen MR) is 88.7 cm³/mol. The first-order valence-corrected chi connectivity index (χ1v) is 7.73. The maximum atomic E-state index is 12.3. The van der Waals surface area contributed by atoms with E-state index in [1.807, 2.05) is 37.4 Å². The van der Waals surface area contributed by atoms with E-state index in [2.05, 4.69) is 25.6 Å². The van der Waals surface area contributed by atoms with Gasteiger partial charge >= 0.3 is 11.8 Å². The van der Waals surface area contributed by atoms with E-state index in [-0.39, 0.29) is 12.4 Å². The number of aryl methyl sites for hydroxylation is 2. The molecule has 0 unspecified atom stereocenters. The molecule has 0 atom stereocenters. The lowest BCUT2D eigenvalue weighted by atomic mass is 10.1. The zero-order valence-corrected chi connectivity index (χ0v) is 13.7. The van der Waals surface area contributed by atoms with Crippen molar-refractivity contribution >= 4 is 16.8 Å². The molecular formula is C17H15N5O3. The summed E-state index contributed by atoms with van der Waals surface area (Å²) in [5.74, 6) is 0.505. The highest BCUT2D eigenvalue weighted by molar-refractivity contribution is 5.94. The summed E-state index contributed by atoms with van der Waals surface area (Å²) < 4.78 is 10.2. The average Bonchev–Trinajstić information content (AvgIpc) is 3.33. The molecular weight excluding hydrogens is 322 g/mol. The van der Waals surface area contributed by atoms with E-state index in [9.17, 15) is 4.79 Å². The van der Waals surface area contributed by atoms with Crippen LogP contribution < -0.4 is 5.32 Å². The van der Waals surface area contributed by atoms with Crippen LogP contribution in [0.3, 0.4) is 0 Å². The molecule has 4 rings (SSSR count). The number of H-pyrrole nitrogens is 1. The van der Waals surface area contributed by atoms with Crippen LogP contribution in [0.4, 0.5) is 0 Å². The highest BCUT2D eigenvalue weighted by atomic mass is 16.5. The average molecular weight is 337 g/mol. The third kappa shape index (κ3) is 2.67. The third-order valence-corrected chi connectivity index (χ3v) is 4.06. The number of hydrogen-bond donors (Lipinski definition) is 2. The molecule has 2 N–H and O–H groups in total. The van der Waals surface area contributed by atoms with Crippen LogP contribution >= 0.6 is 0 Å². The van der Waals surface area contributed by atoms with Gasteiger partial charge in [-0.25, -0.2) is 0 Å². The Balaban J connectivity index is 1.55. The Bertz CT molecular complexity index is 1040. The van der Waals surface area contributed by atoms with Crippen LogP contribution in [0.15, 0.2) is 39.5 Å². The van der Waals surface area contributed by atoms with Crippen molar-refractivity contribution in [3.8, 4) is 11.4 Å². The van der Waals surface area contributed by atoms with Crippen LogP contribution in [0, 0.1) is 13.8 Å². The molecule has 3 heterocycles. The molecule has 126 valence electrons. The molecule has 4 aromatic rings. The Hall–Kier alpha value is -3.42. The number of aromatic amines is 1. The summed E-state index contributed by atoms with van der Waals surface area (Å²) in [6.07, 6.45) is 1.84. The summed E-state index contributed by atoms with van der Waals surface area (Å²) in [6.45, 7) is 3.90. The molecule has 0 aliphatic rings. The van der Waals surface area contributed by atoms with Crippen LogP contribution in [0.25, 0.3) is 22.3 Å². The van der Waals surface area contributed by atoms with Crippen molar-refractivity contribution in [1.29, 1.82) is 0 Å². The topological polar surface area (TPSA) is 110 Å². The Morgan fingerprint density at radius 1 is 1.20 bits per heavy atom. The highest BCUT2D eigenvalue weighted by Gasteiger charge is 2.18. The van der Waals surface area contributed by atoms with E-state index in [4.69, 9.17) is 9.05 Å². The molecule has 0 aliphatic heterocycles. The Morgan fingerprint density at radius 3 is 2.88 bits per heavy atom. The first kappa shape index (κ1) is 15.1. The van der Waals surface area contributed by atoms with Crippen molar-refractivity contribution in [3.63, 3.8) is 0 Å². The quantitative estimate of drug-likeness (QED) is 0.592. The lowest BCUT2D eigenvalue weighted by Gasteiger charge is -2.01. The fourth-order valence-corrected chi connectivity index (χ4v) is 2.70. The van der Waals surface area contributed by atoms with Gasteiger partial charge in [0, 0.05) is 34.8 Å². The Kier molecular flexibility index (Phi) is 3.57. The number of fused-ring (bicyclic) bond motifs is 1. The largest absolute Gasteiger partial charge is 0.361 e. The van der Waals surface area contributed by atoms with Crippen molar-refractivity contribution in [3.05, 3.63) is 53.4 Å². The summed E-state index contributed by atoms with van der Waals surface area (Å²) in [4.78, 5) is 19.6. The number of nitrogens with zero attached hydrogens (tertiary/aromatic N) is 3. The summed E-state index contributed by atoms with van der Waals surface area (Å²) in [7, 11) is 0. The lowest BCUT2D eigenvalue weighted by molar-refractivity contribution is 0.0907. The molecule has 0 aliphatic carbocycles. The van der Waals surface area contributed by atoms with Crippen molar-refractivity contribution in [2.75, 3.05) is 0 Å². The van der Waals surface area contributed by atoms with Crippen LogP contribution in [-0.2, 0) is 6.54 Å². The zero-order valence-electron chi connectivity index (χ0n) is 13.7. The second kappa shape index (κ2) is 5.90. The van der Waals surface area contributed by atoms with E-state index < -0.39 is 5.91 Å². The third-order valence-electron chi connectivity index (χ3n) is 4.06. The number of carbonyl (C=O) groups is 1. The molecule has 0 radical (unpaired) electrons. The van der Waals surface area contributed by atoms with Crippen LogP contribution in [0.1, 0.15) is 27.7 Å². The number of carbonyl (C=O) groups excluding carboxylic acids is 1. The number of amides is 1. The van der Waals surface area contributed by atoms with Gasteiger partial charge in [-0.15, -0.1) is 0 Å². The van der Waals surface area contributed by atoms with E-state index in [1.54, 1.807) is 6.92 Å². The monoisotopic (exact) mass is 337 g/mol. The van der Waals surface area contributed by atoms with Crippen LogP contribution in [0.5, 0.6) is 0 Å². The van der Waals surface area contributed by atoms with Gasteiger partial charge in [0.15, 0.2) is 0 Å². The van der Waals surface area contributed by atoms with Crippen molar-refractivity contribution in [2.45, 2.75) is 20.4 Å². The van der Waals surface area contributed by atoms with E-state index in [0.29, 0.717) is 11.6 Å². The highest BCUT2D eigenvalue weighted by Crippen LogP contribution is 2.25. The molecule has 0 fully saturated rings. The molecule has 3 aromatic heterocycles. The molecule has 0 spiro atoms. The van der Waals surface area contributed by atoms with Crippen molar-refractivity contribution in [2.24, 2.45) is 0 Å². The van der Waals surface area contributed by atoms with Crippen LogP contribution in [0.2, 0.25) is 0 Å². The second-order valence-corrected chi connectivity index (χ2v) is 5.65. The SMILES string of the molecule is Cc1noc(C)c1CNC(=O)c1nc(-c2cccc3[nH]ccc23)no1. The summed E-state index contributed by atoms with van der Waals surface area (Å²) in [5.41, 5.74) is 3.34. The van der Waals surface area contributed by atoms with Gasteiger partial charge < -0.3 is 19.3 Å². The standard InChI is InChI=1S/C17H15N5O3/c1-9-13(10(2)24-21-9)8-19-16(23)17-20-15(22-25-17)12-4-3-5-14-11(12)6-7-18-14/h3-7,18H,8H2,1-2H3,(H,19,23). The maximum absolute atomic E-state index is 12.3. The van der Waals surface area contributed by atoms with Crippen molar-refractivity contribution in [1.82, 2.24) is 25.6 Å². The van der Waals surface area contributed by atoms with Gasteiger partial charge in [-0.2, -0.15) is 4.98 Å². The summed E-state index contributed by atoms with van der Waals surface area (Å²) in [5, 5.41) is 11.5. The molecule has 8 nitrogen and oxygen atoms in total. The van der Waals surface area contributed by atoms with Crippen LogP contribution in [-0.4, -0.2) is 26.2 Å². The molecule has 25 heavy (non-hydrogen) atoms. The van der Waals surface area contributed by atoms with E-state index >= 15 is 0 Å². The Labute approximate surface area is 142 Å². The van der Waals surface area contributed by atoms with E-state index in [1.165, 1.54) is 0 Å². The fraction of sp³-hybridized carbons (Fsp3) is 0.176. The van der Waals surface area contributed by atoms with Gasteiger partial charge in [0.25, 0.3) is 0 Å². The number of benzene rings is 1. The number of hydrogen-bond acceptors (Lipinski definition) is 6. The minimum Gasteiger partial charge on any atom is -0.361 e. The smallest absolute Gasteiger partial charge is 0.316 e. The predicted octanol–water partition coefficient (Wildman–Crippen LogP) is 2.75.